The molecule has 0 spiro atoms. The summed E-state index contributed by atoms with van der Waals surface area (Å²) in [7, 11) is 0. The lowest BCUT2D eigenvalue weighted by Gasteiger charge is -2.10. The Labute approximate surface area is 173 Å². The molecule has 0 aliphatic carbocycles. The van der Waals surface area contributed by atoms with Crippen LogP contribution in [0.5, 0.6) is 0 Å². The molecule has 4 rings (SSSR count). The van der Waals surface area contributed by atoms with Crippen LogP contribution >= 0.6 is 0 Å². The van der Waals surface area contributed by atoms with Crippen molar-refractivity contribution in [1.29, 1.82) is 0 Å². The van der Waals surface area contributed by atoms with Crippen LogP contribution in [0.15, 0.2) is 79.3 Å². The molecule has 0 atom stereocenters. The molecule has 2 aromatic carbocycles. The Morgan fingerprint density at radius 3 is 2.47 bits per heavy atom. The van der Waals surface area contributed by atoms with E-state index in [0.29, 0.717) is 30.5 Å². The molecule has 4 aromatic rings. The third-order valence-electron chi connectivity index (χ3n) is 4.31. The van der Waals surface area contributed by atoms with Crippen molar-refractivity contribution in [2.75, 3.05) is 29.0 Å². The molecule has 2 amide bonds. The average Bonchev–Trinajstić information content (AvgIpc) is 2.78. The van der Waals surface area contributed by atoms with Crippen LogP contribution in [0.2, 0.25) is 0 Å². The van der Waals surface area contributed by atoms with Gasteiger partial charge >= 0.3 is 6.03 Å². The molecule has 2 aromatic heterocycles. The van der Waals surface area contributed by atoms with Crippen molar-refractivity contribution in [3.05, 3.63) is 79.3 Å². The minimum Gasteiger partial charge on any atom is -0.368 e. The zero-order chi connectivity index (χ0) is 20.6. The van der Waals surface area contributed by atoms with E-state index in [1.54, 1.807) is 12.3 Å². The van der Waals surface area contributed by atoms with Crippen LogP contribution in [0.4, 0.5) is 27.9 Å². The molecule has 0 saturated carbocycles. The molecule has 8 heteroatoms. The molecule has 4 N–H and O–H groups in total. The van der Waals surface area contributed by atoms with Crippen LogP contribution in [-0.4, -0.2) is 34.1 Å². The smallest absolute Gasteiger partial charge is 0.319 e. The molecule has 0 bridgehead atoms. The predicted molar refractivity (Wildman–Crippen MR) is 119 cm³/mol. The van der Waals surface area contributed by atoms with Gasteiger partial charge in [0.15, 0.2) is 0 Å². The zero-order valence-electron chi connectivity index (χ0n) is 16.2. The number of hydrogen-bond donors (Lipinski definition) is 4. The Morgan fingerprint density at radius 1 is 0.767 bits per heavy atom. The number of hydrogen-bond acceptors (Lipinski definition) is 6. The maximum atomic E-state index is 12.1. The highest BCUT2D eigenvalue weighted by molar-refractivity contribution is 5.93. The van der Waals surface area contributed by atoms with Gasteiger partial charge in [0.2, 0.25) is 0 Å². The summed E-state index contributed by atoms with van der Waals surface area (Å²) in [6, 6.07) is 21.0. The van der Waals surface area contributed by atoms with Gasteiger partial charge in [0.05, 0.1) is 0 Å². The monoisotopic (exact) mass is 399 g/mol. The maximum Gasteiger partial charge on any atom is 0.319 e. The quantitative estimate of drug-likeness (QED) is 0.350. The van der Waals surface area contributed by atoms with Crippen molar-refractivity contribution < 1.29 is 4.79 Å². The number of nitrogens with one attached hydrogen (secondary N) is 4. The first-order valence-electron chi connectivity index (χ1n) is 9.54. The number of anilines is 4. The van der Waals surface area contributed by atoms with Gasteiger partial charge in [-0.05, 0) is 35.0 Å². The average molecular weight is 399 g/mol. The van der Waals surface area contributed by atoms with E-state index in [1.165, 1.54) is 6.33 Å². The lowest BCUT2D eigenvalue weighted by molar-refractivity contribution is 0.252. The number of pyridine rings is 1. The van der Waals surface area contributed by atoms with Crippen molar-refractivity contribution in [2.24, 2.45) is 0 Å². The summed E-state index contributed by atoms with van der Waals surface area (Å²) in [5, 5.41) is 14.2. The van der Waals surface area contributed by atoms with E-state index < -0.39 is 0 Å². The normalized spacial score (nSPS) is 10.4. The number of carbonyl (C=O) groups is 1. The minimum absolute atomic E-state index is 0.257. The van der Waals surface area contributed by atoms with Crippen molar-refractivity contribution in [3.63, 3.8) is 0 Å². The molecule has 8 nitrogen and oxygen atoms in total. The number of urea groups is 1. The van der Waals surface area contributed by atoms with Crippen LogP contribution in [0.25, 0.3) is 10.8 Å². The SMILES string of the molecule is O=C(NCCNc1cc(Nc2ccccn2)ncn1)Nc1ccc2ccccc2c1. The standard InChI is InChI=1S/C22H21N7O/c30-22(28-18-9-8-16-5-1-2-6-17(16)13-18)25-12-11-24-20-14-21(27-15-26-20)29-19-7-3-4-10-23-19/h1-10,13-15H,11-12H2,(H2,25,28,30)(H2,23,24,26,27,29). The lowest BCUT2D eigenvalue weighted by Crippen LogP contribution is -2.32. The van der Waals surface area contributed by atoms with Crippen LogP contribution < -0.4 is 21.3 Å². The number of benzene rings is 2. The zero-order valence-corrected chi connectivity index (χ0v) is 16.2. The first kappa shape index (κ1) is 19.1. The summed E-state index contributed by atoms with van der Waals surface area (Å²) in [6.45, 7) is 0.956. The Morgan fingerprint density at radius 2 is 1.60 bits per heavy atom. The fourth-order valence-corrected chi connectivity index (χ4v) is 2.90. The van der Waals surface area contributed by atoms with Gasteiger partial charge < -0.3 is 21.3 Å². The van der Waals surface area contributed by atoms with Crippen LogP contribution in [-0.2, 0) is 0 Å². The van der Waals surface area contributed by atoms with Crippen molar-refractivity contribution in [3.8, 4) is 0 Å². The van der Waals surface area contributed by atoms with E-state index in [9.17, 15) is 4.79 Å². The number of aromatic nitrogens is 3. The summed E-state index contributed by atoms with van der Waals surface area (Å²) in [5.41, 5.74) is 0.750. The number of nitrogens with zero attached hydrogens (tertiary/aromatic N) is 3. The van der Waals surface area contributed by atoms with Crippen molar-refractivity contribution in [2.45, 2.75) is 0 Å². The number of rotatable bonds is 7. The van der Waals surface area contributed by atoms with Gasteiger partial charge in [0, 0.05) is 31.0 Å². The summed E-state index contributed by atoms with van der Waals surface area (Å²) in [5.74, 6) is 1.99. The molecule has 0 saturated heterocycles. The highest BCUT2D eigenvalue weighted by atomic mass is 16.2. The second kappa shape index (κ2) is 9.33. The highest BCUT2D eigenvalue weighted by Crippen LogP contribution is 2.18. The van der Waals surface area contributed by atoms with Crippen LogP contribution in [0.3, 0.4) is 0 Å². The second-order valence-corrected chi connectivity index (χ2v) is 6.50. The first-order chi connectivity index (χ1) is 14.8. The van der Waals surface area contributed by atoms with E-state index in [4.69, 9.17) is 0 Å². The molecule has 150 valence electrons. The van der Waals surface area contributed by atoms with Gasteiger partial charge in [0.1, 0.15) is 23.8 Å². The van der Waals surface area contributed by atoms with E-state index in [-0.39, 0.29) is 6.03 Å². The van der Waals surface area contributed by atoms with Gasteiger partial charge in [-0.1, -0.05) is 36.4 Å². The fraction of sp³-hybridized carbons (Fsp3) is 0.0909. The first-order valence-corrected chi connectivity index (χ1v) is 9.54. The highest BCUT2D eigenvalue weighted by Gasteiger charge is 2.03. The van der Waals surface area contributed by atoms with E-state index in [0.717, 1.165) is 16.5 Å². The van der Waals surface area contributed by atoms with Gasteiger partial charge in [-0.15, -0.1) is 0 Å². The van der Waals surface area contributed by atoms with Gasteiger partial charge in [-0.25, -0.2) is 19.7 Å². The largest absolute Gasteiger partial charge is 0.368 e. The summed E-state index contributed by atoms with van der Waals surface area (Å²) >= 11 is 0. The van der Waals surface area contributed by atoms with E-state index in [1.807, 2.05) is 60.7 Å². The van der Waals surface area contributed by atoms with E-state index >= 15 is 0 Å². The molecule has 0 aliphatic heterocycles. The molecule has 0 unspecified atom stereocenters. The van der Waals surface area contributed by atoms with Crippen LogP contribution in [0.1, 0.15) is 0 Å². The predicted octanol–water partition coefficient (Wildman–Crippen LogP) is 4.00. The lowest BCUT2D eigenvalue weighted by atomic mass is 10.1. The third kappa shape index (κ3) is 5.20. The summed E-state index contributed by atoms with van der Waals surface area (Å²) in [4.78, 5) is 24.7. The molecule has 2 heterocycles. The Kier molecular flexibility index (Phi) is 5.95. The van der Waals surface area contributed by atoms with Crippen molar-refractivity contribution >= 4 is 39.9 Å². The number of amides is 2. The van der Waals surface area contributed by atoms with Gasteiger partial charge in [-0.3, -0.25) is 0 Å². The molecular weight excluding hydrogens is 378 g/mol. The van der Waals surface area contributed by atoms with Crippen LogP contribution in [0, 0.1) is 0 Å². The molecule has 0 fully saturated rings. The minimum atomic E-state index is -0.257. The van der Waals surface area contributed by atoms with E-state index in [2.05, 4.69) is 36.2 Å². The van der Waals surface area contributed by atoms with Gasteiger partial charge in [-0.2, -0.15) is 0 Å². The van der Waals surface area contributed by atoms with Gasteiger partial charge in [0.25, 0.3) is 0 Å². The Bertz CT molecular complexity index is 1130. The molecule has 30 heavy (non-hydrogen) atoms. The summed E-state index contributed by atoms with van der Waals surface area (Å²) < 4.78 is 0. The van der Waals surface area contributed by atoms with Crippen molar-refractivity contribution in [1.82, 2.24) is 20.3 Å². The third-order valence-corrected chi connectivity index (χ3v) is 4.31. The topological polar surface area (TPSA) is 104 Å². The Balaban J connectivity index is 1.23. The number of fused-ring (bicyclic) bond motifs is 1. The molecule has 0 aliphatic rings. The maximum absolute atomic E-state index is 12.1. The molecule has 0 radical (unpaired) electrons. The Hall–Kier alpha value is -4.20. The summed E-state index contributed by atoms with van der Waals surface area (Å²) in [6.07, 6.45) is 3.17. The fourth-order valence-electron chi connectivity index (χ4n) is 2.90. The second-order valence-electron chi connectivity index (χ2n) is 6.50. The molecular formula is C22H21N7O. The number of carbonyl (C=O) groups excluding carboxylic acids is 1.